The third kappa shape index (κ3) is 4.29. The van der Waals surface area contributed by atoms with E-state index in [-0.39, 0.29) is 0 Å². The number of hydrogen-bond donors (Lipinski definition) is 1. The molecule has 2 rings (SSSR count). The van der Waals surface area contributed by atoms with Crippen LogP contribution in [0, 0.1) is 6.92 Å². The van der Waals surface area contributed by atoms with E-state index in [0.717, 1.165) is 17.9 Å². The molecular formula is C13H18N4O3. The summed E-state index contributed by atoms with van der Waals surface area (Å²) in [6.07, 6.45) is 1.69. The minimum Gasteiger partial charge on any atom is -0.485 e. The molecule has 0 aliphatic carbocycles. The summed E-state index contributed by atoms with van der Waals surface area (Å²) in [6.45, 7) is 4.34. The minimum atomic E-state index is 0.322. The lowest BCUT2D eigenvalue weighted by Gasteiger charge is -2.06. The van der Waals surface area contributed by atoms with Crippen molar-refractivity contribution in [1.82, 2.24) is 20.6 Å². The van der Waals surface area contributed by atoms with Crippen molar-refractivity contribution in [2.75, 3.05) is 20.3 Å². The summed E-state index contributed by atoms with van der Waals surface area (Å²) in [6, 6.07) is 3.80. The molecule has 0 aliphatic heterocycles. The SMILES string of the molecule is COCCNCc1ccc(OCc2nonc2C)cn1. The van der Waals surface area contributed by atoms with Crippen molar-refractivity contribution in [1.29, 1.82) is 0 Å². The molecule has 1 N–H and O–H groups in total. The lowest BCUT2D eigenvalue weighted by atomic mass is 10.3. The van der Waals surface area contributed by atoms with Crippen molar-refractivity contribution in [3.8, 4) is 5.75 Å². The van der Waals surface area contributed by atoms with Crippen LogP contribution < -0.4 is 10.1 Å². The van der Waals surface area contributed by atoms with Crippen LogP contribution in [-0.2, 0) is 17.9 Å². The van der Waals surface area contributed by atoms with Crippen LogP contribution in [0.25, 0.3) is 0 Å². The number of aryl methyl sites for hydroxylation is 1. The van der Waals surface area contributed by atoms with Gasteiger partial charge in [-0.25, -0.2) is 4.63 Å². The van der Waals surface area contributed by atoms with Gasteiger partial charge >= 0.3 is 0 Å². The van der Waals surface area contributed by atoms with Crippen LogP contribution in [0.3, 0.4) is 0 Å². The maximum absolute atomic E-state index is 5.56. The van der Waals surface area contributed by atoms with Gasteiger partial charge in [0.05, 0.1) is 18.5 Å². The molecule has 108 valence electrons. The zero-order chi connectivity index (χ0) is 14.2. The van der Waals surface area contributed by atoms with Gasteiger partial charge in [0.2, 0.25) is 0 Å². The maximum Gasteiger partial charge on any atom is 0.145 e. The molecule has 0 radical (unpaired) electrons. The highest BCUT2D eigenvalue weighted by Gasteiger charge is 2.06. The Bertz CT molecular complexity index is 513. The van der Waals surface area contributed by atoms with E-state index in [1.807, 2.05) is 19.1 Å². The number of ether oxygens (including phenoxy) is 2. The van der Waals surface area contributed by atoms with E-state index in [1.165, 1.54) is 0 Å². The standard InChI is InChI=1S/C13H18N4O3/c1-10-13(17-20-16-10)9-19-12-4-3-11(15-8-12)7-14-5-6-18-2/h3-4,8,14H,5-7,9H2,1-2H3. The zero-order valence-electron chi connectivity index (χ0n) is 11.6. The fourth-order valence-corrected chi connectivity index (χ4v) is 1.52. The molecule has 0 saturated carbocycles. The second-order valence-electron chi connectivity index (χ2n) is 4.24. The number of nitrogens with one attached hydrogen (secondary N) is 1. The van der Waals surface area contributed by atoms with E-state index in [2.05, 4.69) is 25.2 Å². The van der Waals surface area contributed by atoms with Gasteiger partial charge in [0.25, 0.3) is 0 Å². The van der Waals surface area contributed by atoms with Crippen LogP contribution >= 0.6 is 0 Å². The summed E-state index contributed by atoms with van der Waals surface area (Å²) in [5.41, 5.74) is 2.37. The molecule has 2 aromatic rings. The van der Waals surface area contributed by atoms with Crippen LogP contribution in [0.4, 0.5) is 0 Å². The van der Waals surface area contributed by atoms with E-state index in [9.17, 15) is 0 Å². The Morgan fingerprint density at radius 1 is 1.30 bits per heavy atom. The van der Waals surface area contributed by atoms with Gasteiger partial charge < -0.3 is 14.8 Å². The van der Waals surface area contributed by atoms with E-state index in [0.29, 0.717) is 31.2 Å². The first-order valence-electron chi connectivity index (χ1n) is 6.35. The van der Waals surface area contributed by atoms with Crippen LogP contribution in [0.2, 0.25) is 0 Å². The number of pyridine rings is 1. The highest BCUT2D eigenvalue weighted by atomic mass is 16.6. The highest BCUT2D eigenvalue weighted by molar-refractivity contribution is 5.20. The second kappa shape index (κ2) is 7.56. The Balaban J connectivity index is 1.78. The first-order chi connectivity index (χ1) is 9.79. The summed E-state index contributed by atoms with van der Waals surface area (Å²) in [5, 5.41) is 10.7. The van der Waals surface area contributed by atoms with E-state index in [1.54, 1.807) is 13.3 Å². The summed E-state index contributed by atoms with van der Waals surface area (Å²) >= 11 is 0. The molecule has 0 saturated heterocycles. The van der Waals surface area contributed by atoms with Crippen LogP contribution in [0.1, 0.15) is 17.1 Å². The molecule has 0 aromatic carbocycles. The van der Waals surface area contributed by atoms with Crippen molar-refractivity contribution < 1.29 is 14.1 Å². The first kappa shape index (κ1) is 14.4. The molecule has 20 heavy (non-hydrogen) atoms. The van der Waals surface area contributed by atoms with Crippen molar-refractivity contribution in [3.05, 3.63) is 35.4 Å². The second-order valence-corrected chi connectivity index (χ2v) is 4.24. The van der Waals surface area contributed by atoms with Gasteiger partial charge in [0, 0.05) is 20.2 Å². The maximum atomic E-state index is 5.56. The highest BCUT2D eigenvalue weighted by Crippen LogP contribution is 2.12. The average molecular weight is 278 g/mol. The van der Waals surface area contributed by atoms with E-state index < -0.39 is 0 Å². The summed E-state index contributed by atoms with van der Waals surface area (Å²) in [4.78, 5) is 4.31. The third-order valence-corrected chi connectivity index (χ3v) is 2.71. The fraction of sp³-hybridized carbons (Fsp3) is 0.462. The normalized spacial score (nSPS) is 10.7. The molecule has 0 fully saturated rings. The van der Waals surface area contributed by atoms with Gasteiger partial charge in [-0.2, -0.15) is 0 Å². The topological polar surface area (TPSA) is 82.3 Å². The molecule has 0 unspecified atom stereocenters. The predicted octanol–water partition coefficient (Wildman–Crippen LogP) is 1.09. The summed E-state index contributed by atoms with van der Waals surface area (Å²) in [7, 11) is 1.68. The number of rotatable bonds is 8. The van der Waals surface area contributed by atoms with E-state index >= 15 is 0 Å². The number of methoxy groups -OCH3 is 1. The van der Waals surface area contributed by atoms with Crippen molar-refractivity contribution in [2.24, 2.45) is 0 Å². The molecule has 2 heterocycles. The molecule has 0 spiro atoms. The fourth-order valence-electron chi connectivity index (χ4n) is 1.52. The minimum absolute atomic E-state index is 0.322. The van der Waals surface area contributed by atoms with E-state index in [4.69, 9.17) is 9.47 Å². The first-order valence-corrected chi connectivity index (χ1v) is 6.35. The smallest absolute Gasteiger partial charge is 0.145 e. The monoisotopic (exact) mass is 278 g/mol. The molecule has 2 aromatic heterocycles. The molecule has 7 nitrogen and oxygen atoms in total. The van der Waals surface area contributed by atoms with Gasteiger partial charge in [-0.1, -0.05) is 10.3 Å². The van der Waals surface area contributed by atoms with Gasteiger partial charge in [0.1, 0.15) is 23.7 Å². The quantitative estimate of drug-likeness (QED) is 0.724. The molecule has 7 heteroatoms. The largest absolute Gasteiger partial charge is 0.485 e. The van der Waals surface area contributed by atoms with Gasteiger partial charge in [-0.05, 0) is 19.1 Å². The zero-order valence-corrected chi connectivity index (χ0v) is 11.6. The summed E-state index contributed by atoms with van der Waals surface area (Å²) < 4.78 is 15.1. The molecule has 0 atom stereocenters. The Kier molecular flexibility index (Phi) is 5.45. The van der Waals surface area contributed by atoms with Crippen LogP contribution in [0.5, 0.6) is 5.75 Å². The third-order valence-electron chi connectivity index (χ3n) is 2.71. The molecule has 0 bridgehead atoms. The molecule has 0 amide bonds. The Morgan fingerprint density at radius 3 is 2.85 bits per heavy atom. The van der Waals surface area contributed by atoms with Gasteiger partial charge in [0.15, 0.2) is 0 Å². The van der Waals surface area contributed by atoms with Crippen LogP contribution in [0.15, 0.2) is 23.0 Å². The molecule has 0 aliphatic rings. The Morgan fingerprint density at radius 2 is 2.20 bits per heavy atom. The van der Waals surface area contributed by atoms with Gasteiger partial charge in [-0.3, -0.25) is 4.98 Å². The summed E-state index contributed by atoms with van der Waals surface area (Å²) in [5.74, 6) is 0.688. The number of nitrogens with zero attached hydrogens (tertiary/aromatic N) is 3. The van der Waals surface area contributed by atoms with Crippen molar-refractivity contribution >= 4 is 0 Å². The van der Waals surface area contributed by atoms with Crippen molar-refractivity contribution in [2.45, 2.75) is 20.1 Å². The van der Waals surface area contributed by atoms with Crippen molar-refractivity contribution in [3.63, 3.8) is 0 Å². The average Bonchev–Trinajstić information content (AvgIpc) is 2.88. The lowest BCUT2D eigenvalue weighted by molar-refractivity contribution is 0.199. The Hall–Kier alpha value is -1.99. The van der Waals surface area contributed by atoms with Crippen LogP contribution in [-0.4, -0.2) is 35.6 Å². The lowest BCUT2D eigenvalue weighted by Crippen LogP contribution is -2.19. The Labute approximate surface area is 117 Å². The number of aromatic nitrogens is 3. The van der Waals surface area contributed by atoms with Gasteiger partial charge in [-0.15, -0.1) is 0 Å². The number of hydrogen-bond acceptors (Lipinski definition) is 7. The predicted molar refractivity (Wildman–Crippen MR) is 71.2 cm³/mol. The molecular weight excluding hydrogens is 260 g/mol.